The molecule has 5 rings (SSSR count). The van der Waals surface area contributed by atoms with Gasteiger partial charge in [0, 0.05) is 23.1 Å². The Morgan fingerprint density at radius 3 is 2.29 bits per heavy atom. The van der Waals surface area contributed by atoms with Gasteiger partial charge in [-0.15, -0.1) is 0 Å². The topological polar surface area (TPSA) is 59.2 Å². The number of rotatable bonds is 4. The average molecular weight is 454 g/mol. The minimum atomic E-state index is -0.422. The molecule has 2 heterocycles. The Hall–Kier alpha value is -3.86. The molecule has 5 aromatic rings. The molecule has 0 atom stereocenters. The van der Waals surface area contributed by atoms with Crippen LogP contribution in [-0.4, -0.2) is 9.67 Å². The van der Waals surface area contributed by atoms with Crippen molar-refractivity contribution in [2.45, 2.75) is 47.7 Å². The summed E-state index contributed by atoms with van der Waals surface area (Å²) in [5.74, 6) is 0.0754. The van der Waals surface area contributed by atoms with E-state index < -0.39 is 5.63 Å². The number of hydrogen-bond donors (Lipinski definition) is 1. The summed E-state index contributed by atoms with van der Waals surface area (Å²) in [5, 5.41) is 10.6. The second kappa shape index (κ2) is 8.17. The normalized spacial score (nSPS) is 11.6. The van der Waals surface area contributed by atoms with Gasteiger partial charge in [-0.3, -0.25) is 0 Å². The van der Waals surface area contributed by atoms with Gasteiger partial charge in [0.2, 0.25) is 6.33 Å². The van der Waals surface area contributed by atoms with E-state index in [0.717, 1.165) is 28.5 Å². The molecule has 1 N–H and O–H groups in total. The van der Waals surface area contributed by atoms with Crippen LogP contribution in [0.2, 0.25) is 0 Å². The molecule has 0 aliphatic rings. The predicted octanol–water partition coefficient (Wildman–Crippen LogP) is 5.38. The number of aromatic nitrogens is 2. The van der Waals surface area contributed by atoms with Crippen molar-refractivity contribution in [3.05, 3.63) is 104 Å². The molecule has 0 bridgehead atoms. The van der Waals surface area contributed by atoms with Crippen LogP contribution in [0.15, 0.2) is 64.1 Å². The zero-order valence-electron chi connectivity index (χ0n) is 20.3. The van der Waals surface area contributed by atoms with E-state index >= 15 is 0 Å². The fraction of sp³-hybridized carbons (Fsp3) is 0.241. The molecule has 5 heteroatoms. The number of phenols is 1. The van der Waals surface area contributed by atoms with E-state index in [2.05, 4.69) is 68.3 Å². The van der Waals surface area contributed by atoms with Crippen LogP contribution in [0.4, 0.5) is 0 Å². The molecule has 172 valence electrons. The Morgan fingerprint density at radius 2 is 1.56 bits per heavy atom. The number of hydrogen-bond acceptors (Lipinski definition) is 3. The van der Waals surface area contributed by atoms with Gasteiger partial charge in [-0.05, 0) is 92.3 Å². The van der Waals surface area contributed by atoms with Crippen LogP contribution in [0.1, 0.15) is 38.9 Å². The Kier molecular flexibility index (Phi) is 5.28. The van der Waals surface area contributed by atoms with Gasteiger partial charge < -0.3 is 9.52 Å². The second-order valence-electron chi connectivity index (χ2n) is 9.23. The van der Waals surface area contributed by atoms with Gasteiger partial charge in [-0.1, -0.05) is 12.1 Å². The van der Waals surface area contributed by atoms with Gasteiger partial charge in [0.1, 0.15) is 24.4 Å². The summed E-state index contributed by atoms with van der Waals surface area (Å²) in [5.41, 5.74) is 11.2. The van der Waals surface area contributed by atoms with Crippen LogP contribution in [0.25, 0.3) is 22.0 Å². The molecule has 0 amide bonds. The average Bonchev–Trinajstić information content (AvgIpc) is 3.16. The number of nitrogens with zero attached hydrogens (tertiary/aromatic N) is 2. The highest BCUT2D eigenvalue weighted by Crippen LogP contribution is 2.28. The second-order valence-corrected chi connectivity index (χ2v) is 9.23. The first-order valence-corrected chi connectivity index (χ1v) is 11.5. The van der Waals surface area contributed by atoms with Crippen LogP contribution >= 0.6 is 0 Å². The van der Waals surface area contributed by atoms with Crippen LogP contribution in [0.5, 0.6) is 5.75 Å². The van der Waals surface area contributed by atoms with Crippen molar-refractivity contribution in [3.63, 3.8) is 0 Å². The predicted molar refractivity (Wildman–Crippen MR) is 135 cm³/mol. The summed E-state index contributed by atoms with van der Waals surface area (Å²) in [6, 6.07) is 14.8. The zero-order chi connectivity index (χ0) is 24.1. The molecule has 0 aliphatic heterocycles. The first-order valence-electron chi connectivity index (χ1n) is 11.5. The van der Waals surface area contributed by atoms with E-state index in [1.807, 2.05) is 6.07 Å². The minimum Gasteiger partial charge on any atom is -0.508 e. The fourth-order valence-electron chi connectivity index (χ4n) is 5.01. The lowest BCUT2D eigenvalue weighted by Gasteiger charge is -2.17. The van der Waals surface area contributed by atoms with E-state index in [0.29, 0.717) is 12.1 Å². The number of imidazole rings is 1. The lowest BCUT2D eigenvalue weighted by atomic mass is 9.89. The van der Waals surface area contributed by atoms with Crippen molar-refractivity contribution in [1.29, 1.82) is 0 Å². The summed E-state index contributed by atoms with van der Waals surface area (Å²) in [6.07, 6.45) is 2.13. The molecule has 0 aliphatic carbocycles. The summed E-state index contributed by atoms with van der Waals surface area (Å²) in [6.45, 7) is 12.3. The number of phenolic OH excluding ortho intramolecular Hbond substituents is 1. The molecule has 0 saturated heterocycles. The monoisotopic (exact) mass is 453 g/mol. The molecular weight excluding hydrogens is 424 g/mol. The summed E-state index contributed by atoms with van der Waals surface area (Å²) in [7, 11) is 0. The Labute approximate surface area is 198 Å². The quantitative estimate of drug-likeness (QED) is 0.294. The largest absolute Gasteiger partial charge is 0.508 e. The molecule has 0 radical (unpaired) electrons. The Morgan fingerprint density at radius 1 is 0.882 bits per heavy atom. The van der Waals surface area contributed by atoms with Gasteiger partial charge in [0.05, 0.1) is 0 Å². The molecule has 34 heavy (non-hydrogen) atoms. The smallest absolute Gasteiger partial charge is 0.336 e. The molecule has 0 saturated carbocycles. The van der Waals surface area contributed by atoms with E-state index in [4.69, 9.17) is 4.42 Å². The van der Waals surface area contributed by atoms with Crippen LogP contribution < -0.4 is 10.2 Å². The Bertz CT molecular complexity index is 1610. The highest BCUT2D eigenvalue weighted by molar-refractivity contribution is 5.81. The summed E-state index contributed by atoms with van der Waals surface area (Å²) < 4.78 is 9.79. The zero-order valence-corrected chi connectivity index (χ0v) is 20.3. The molecule has 2 aromatic heterocycles. The van der Waals surface area contributed by atoms with Gasteiger partial charge in [-0.2, -0.15) is 0 Å². The Balaban J connectivity index is 1.64. The number of aromatic hydroxyl groups is 1. The summed E-state index contributed by atoms with van der Waals surface area (Å²) in [4.78, 5) is 12.2. The van der Waals surface area contributed by atoms with Crippen molar-refractivity contribution in [2.75, 3.05) is 0 Å². The first-order chi connectivity index (χ1) is 16.2. The van der Waals surface area contributed by atoms with Gasteiger partial charge in [-0.25, -0.2) is 13.9 Å². The third-order valence-corrected chi connectivity index (χ3v) is 7.42. The van der Waals surface area contributed by atoms with E-state index in [-0.39, 0.29) is 5.75 Å². The minimum absolute atomic E-state index is 0.0754. The fourth-order valence-corrected chi connectivity index (χ4v) is 5.01. The molecule has 5 nitrogen and oxygen atoms in total. The standard InChI is InChI=1S/C29H28N2O3/c1-17-18(2)20(4)25(21(5)19(17)3)15-31-16-30(26-8-6-7-9-27(26)31)14-22-12-29(33)34-28-13-23(32)10-11-24(22)28/h6-13,16H,14-15H2,1-5H3/p+1. The third kappa shape index (κ3) is 3.58. The van der Waals surface area contributed by atoms with Gasteiger partial charge >= 0.3 is 5.63 Å². The van der Waals surface area contributed by atoms with Crippen LogP contribution in [-0.2, 0) is 13.1 Å². The van der Waals surface area contributed by atoms with Crippen molar-refractivity contribution in [3.8, 4) is 5.75 Å². The maximum absolute atomic E-state index is 12.2. The van der Waals surface area contributed by atoms with E-state index in [9.17, 15) is 9.90 Å². The van der Waals surface area contributed by atoms with Crippen LogP contribution in [0.3, 0.4) is 0 Å². The van der Waals surface area contributed by atoms with Gasteiger partial charge in [0.25, 0.3) is 0 Å². The molecule has 3 aromatic carbocycles. The summed E-state index contributed by atoms with van der Waals surface area (Å²) >= 11 is 0. The number of fused-ring (bicyclic) bond motifs is 2. The van der Waals surface area contributed by atoms with Gasteiger partial charge in [0.15, 0.2) is 11.0 Å². The van der Waals surface area contributed by atoms with Crippen LogP contribution in [0, 0.1) is 34.6 Å². The highest BCUT2D eigenvalue weighted by atomic mass is 16.4. The number of para-hydroxylation sites is 2. The maximum Gasteiger partial charge on any atom is 0.336 e. The molecule has 0 unspecified atom stereocenters. The van der Waals surface area contributed by atoms with E-state index in [1.165, 1.54) is 39.4 Å². The highest BCUT2D eigenvalue weighted by Gasteiger charge is 2.20. The molecule has 0 fully saturated rings. The SMILES string of the molecule is Cc1c(C)c(C)c(Cn2c[n+](Cc3cc(=O)oc4cc(O)ccc34)c3ccccc32)c(C)c1C. The maximum atomic E-state index is 12.2. The van der Waals surface area contributed by atoms with Crippen molar-refractivity contribution < 1.29 is 14.1 Å². The third-order valence-electron chi connectivity index (χ3n) is 7.42. The van der Waals surface area contributed by atoms with Crippen molar-refractivity contribution in [2.24, 2.45) is 0 Å². The van der Waals surface area contributed by atoms with E-state index in [1.54, 1.807) is 18.2 Å². The number of benzene rings is 3. The molecule has 0 spiro atoms. The first kappa shape index (κ1) is 22.0. The molecular formula is C29H29N2O3+. The van der Waals surface area contributed by atoms with Crippen molar-refractivity contribution >= 4 is 22.0 Å². The lowest BCUT2D eigenvalue weighted by molar-refractivity contribution is -0.663. The van der Waals surface area contributed by atoms with Crippen molar-refractivity contribution in [1.82, 2.24) is 4.57 Å². The lowest BCUT2D eigenvalue weighted by Crippen LogP contribution is -2.33.